The Labute approximate surface area is 95.5 Å². The second-order valence-corrected chi connectivity index (χ2v) is 3.49. The number of alkyl halides is 3. The zero-order valence-electron chi connectivity index (χ0n) is 8.21. The van der Waals surface area contributed by atoms with Crippen LogP contribution in [-0.4, -0.2) is 36.0 Å². The Morgan fingerprint density at radius 2 is 2.12 bits per heavy atom. The van der Waals surface area contributed by atoms with Gasteiger partial charge < -0.3 is 10.0 Å². The van der Waals surface area contributed by atoms with Gasteiger partial charge in [-0.25, -0.2) is 0 Å². The van der Waals surface area contributed by atoms with E-state index in [1.807, 2.05) is 0 Å². The van der Waals surface area contributed by atoms with Crippen molar-refractivity contribution in [2.24, 2.45) is 0 Å². The monoisotopic (exact) mass is 254 g/mol. The smallest absolute Gasteiger partial charge is 0.395 e. The number of nitrogens with zero attached hydrogens (tertiary/aromatic N) is 2. The Hall–Kier alpha value is -1.01. The fourth-order valence-electron chi connectivity index (χ4n) is 1.25. The first-order chi connectivity index (χ1) is 7.44. The SMILES string of the molecule is OCCN(CC(F)(F)F)c1ccncc1Cl. The van der Waals surface area contributed by atoms with Gasteiger partial charge in [-0.05, 0) is 6.07 Å². The lowest BCUT2D eigenvalue weighted by molar-refractivity contribution is -0.119. The van der Waals surface area contributed by atoms with E-state index in [1.165, 1.54) is 18.5 Å². The average Bonchev–Trinajstić information content (AvgIpc) is 2.16. The Bertz CT molecular complexity index is 346. The Kier molecular flexibility index (Phi) is 4.37. The maximum Gasteiger partial charge on any atom is 0.405 e. The molecule has 0 aliphatic rings. The molecular formula is C9H10ClF3N2O. The molecule has 0 spiro atoms. The molecule has 0 radical (unpaired) electrons. The highest BCUT2D eigenvalue weighted by atomic mass is 35.5. The molecule has 1 aromatic rings. The average molecular weight is 255 g/mol. The van der Waals surface area contributed by atoms with Gasteiger partial charge in [0.15, 0.2) is 0 Å². The van der Waals surface area contributed by atoms with Crippen LogP contribution < -0.4 is 4.90 Å². The quantitative estimate of drug-likeness (QED) is 0.894. The molecule has 0 bridgehead atoms. The Morgan fingerprint density at radius 1 is 1.44 bits per heavy atom. The molecule has 16 heavy (non-hydrogen) atoms. The van der Waals surface area contributed by atoms with Gasteiger partial charge in [0.1, 0.15) is 6.54 Å². The van der Waals surface area contributed by atoms with Gasteiger partial charge >= 0.3 is 6.18 Å². The summed E-state index contributed by atoms with van der Waals surface area (Å²) in [5.41, 5.74) is 0.211. The van der Waals surface area contributed by atoms with Crippen LogP contribution in [0, 0.1) is 0 Å². The van der Waals surface area contributed by atoms with Crippen LogP contribution >= 0.6 is 11.6 Å². The van der Waals surface area contributed by atoms with Crippen molar-refractivity contribution in [1.82, 2.24) is 4.98 Å². The minimum atomic E-state index is -4.35. The highest BCUT2D eigenvalue weighted by molar-refractivity contribution is 6.33. The third kappa shape index (κ3) is 3.86. The first kappa shape index (κ1) is 13.1. The molecule has 0 unspecified atom stereocenters. The van der Waals surface area contributed by atoms with E-state index in [4.69, 9.17) is 16.7 Å². The van der Waals surface area contributed by atoms with Crippen LogP contribution in [0.1, 0.15) is 0 Å². The molecule has 0 aromatic carbocycles. The lowest BCUT2D eigenvalue weighted by Crippen LogP contribution is -2.36. The fraction of sp³-hybridized carbons (Fsp3) is 0.444. The Balaban J connectivity index is 2.89. The summed E-state index contributed by atoms with van der Waals surface area (Å²) in [5, 5.41) is 8.84. The van der Waals surface area contributed by atoms with Gasteiger partial charge in [0, 0.05) is 18.9 Å². The molecule has 1 N–H and O–H groups in total. The molecule has 0 atom stereocenters. The van der Waals surface area contributed by atoms with E-state index in [1.54, 1.807) is 0 Å². The van der Waals surface area contributed by atoms with E-state index in [2.05, 4.69) is 4.98 Å². The number of rotatable bonds is 4. The van der Waals surface area contributed by atoms with Crippen molar-refractivity contribution in [2.45, 2.75) is 6.18 Å². The topological polar surface area (TPSA) is 36.4 Å². The summed E-state index contributed by atoms with van der Waals surface area (Å²) in [6.45, 7) is -1.67. The molecule has 90 valence electrons. The number of hydrogen-bond acceptors (Lipinski definition) is 3. The highest BCUT2D eigenvalue weighted by Crippen LogP contribution is 2.27. The predicted octanol–water partition coefficient (Wildman–Crippen LogP) is 2.10. The lowest BCUT2D eigenvalue weighted by atomic mass is 10.3. The minimum Gasteiger partial charge on any atom is -0.395 e. The number of hydrogen-bond donors (Lipinski definition) is 1. The summed E-state index contributed by atoms with van der Waals surface area (Å²) >= 11 is 5.73. The second kappa shape index (κ2) is 5.36. The number of anilines is 1. The third-order valence-electron chi connectivity index (χ3n) is 1.83. The molecular weight excluding hydrogens is 245 g/mol. The number of halogens is 4. The zero-order chi connectivity index (χ0) is 12.2. The molecule has 0 fully saturated rings. The van der Waals surface area contributed by atoms with Crippen molar-refractivity contribution in [3.8, 4) is 0 Å². The molecule has 1 aromatic heterocycles. The maximum atomic E-state index is 12.3. The largest absolute Gasteiger partial charge is 0.405 e. The first-order valence-corrected chi connectivity index (χ1v) is 4.84. The summed E-state index contributed by atoms with van der Waals surface area (Å²) in [6.07, 6.45) is -1.73. The van der Waals surface area contributed by atoms with Gasteiger partial charge in [0.2, 0.25) is 0 Å². The molecule has 1 rings (SSSR count). The molecule has 0 aliphatic carbocycles. The van der Waals surface area contributed by atoms with Gasteiger partial charge in [-0.3, -0.25) is 4.98 Å². The molecule has 3 nitrogen and oxygen atoms in total. The van der Waals surface area contributed by atoms with Gasteiger partial charge in [-0.2, -0.15) is 13.2 Å². The summed E-state index contributed by atoms with van der Waals surface area (Å²) < 4.78 is 36.8. The van der Waals surface area contributed by atoms with Crippen LogP contribution in [-0.2, 0) is 0 Å². The van der Waals surface area contributed by atoms with Gasteiger partial charge in [0.25, 0.3) is 0 Å². The normalized spacial score (nSPS) is 11.6. The van der Waals surface area contributed by atoms with Crippen LogP contribution in [0.3, 0.4) is 0 Å². The van der Waals surface area contributed by atoms with Crippen LogP contribution in [0.25, 0.3) is 0 Å². The fourth-order valence-corrected chi connectivity index (χ4v) is 1.48. The highest BCUT2D eigenvalue weighted by Gasteiger charge is 2.31. The van der Waals surface area contributed by atoms with Gasteiger partial charge in [0.05, 0.1) is 17.3 Å². The summed E-state index contributed by atoms with van der Waals surface area (Å²) in [5.74, 6) is 0. The van der Waals surface area contributed by atoms with Gasteiger partial charge in [-0.15, -0.1) is 0 Å². The van der Waals surface area contributed by atoms with Crippen LogP contribution in [0.15, 0.2) is 18.5 Å². The first-order valence-electron chi connectivity index (χ1n) is 4.46. The predicted molar refractivity (Wildman–Crippen MR) is 54.6 cm³/mol. The minimum absolute atomic E-state index is 0.125. The van der Waals surface area contributed by atoms with Crippen molar-refractivity contribution >= 4 is 17.3 Å². The summed E-state index contributed by atoms with van der Waals surface area (Å²) in [7, 11) is 0. The molecule has 0 aliphatic heterocycles. The van der Waals surface area contributed by atoms with Crippen LogP contribution in [0.5, 0.6) is 0 Å². The van der Waals surface area contributed by atoms with Crippen molar-refractivity contribution in [3.05, 3.63) is 23.5 Å². The van der Waals surface area contributed by atoms with Crippen LogP contribution in [0.4, 0.5) is 18.9 Å². The van der Waals surface area contributed by atoms with Crippen molar-refractivity contribution in [3.63, 3.8) is 0 Å². The number of aliphatic hydroxyl groups excluding tert-OH is 1. The van der Waals surface area contributed by atoms with E-state index < -0.39 is 12.7 Å². The van der Waals surface area contributed by atoms with Crippen LogP contribution in [0.2, 0.25) is 5.02 Å². The van der Waals surface area contributed by atoms with Crippen molar-refractivity contribution < 1.29 is 18.3 Å². The van der Waals surface area contributed by atoms with Gasteiger partial charge in [-0.1, -0.05) is 11.6 Å². The number of aliphatic hydroxyl groups is 1. The molecule has 0 saturated heterocycles. The number of aromatic nitrogens is 1. The molecule has 0 amide bonds. The van der Waals surface area contributed by atoms with E-state index in [0.29, 0.717) is 0 Å². The Morgan fingerprint density at radius 3 is 2.62 bits per heavy atom. The molecule has 0 saturated carbocycles. The standard InChI is InChI=1S/C9H10ClF3N2O/c10-7-5-14-2-1-8(7)15(3-4-16)6-9(11,12)13/h1-2,5,16H,3-4,6H2. The second-order valence-electron chi connectivity index (χ2n) is 3.09. The zero-order valence-corrected chi connectivity index (χ0v) is 8.96. The summed E-state index contributed by atoms with van der Waals surface area (Å²) in [4.78, 5) is 4.64. The molecule has 7 heteroatoms. The molecule has 1 heterocycles. The van der Waals surface area contributed by atoms with E-state index in [-0.39, 0.29) is 23.9 Å². The van der Waals surface area contributed by atoms with E-state index >= 15 is 0 Å². The van der Waals surface area contributed by atoms with Crippen molar-refractivity contribution in [1.29, 1.82) is 0 Å². The number of pyridine rings is 1. The van der Waals surface area contributed by atoms with E-state index in [0.717, 1.165) is 4.90 Å². The maximum absolute atomic E-state index is 12.3. The third-order valence-corrected chi connectivity index (χ3v) is 2.12. The van der Waals surface area contributed by atoms with Crippen molar-refractivity contribution in [2.75, 3.05) is 24.6 Å². The van der Waals surface area contributed by atoms with E-state index in [9.17, 15) is 13.2 Å². The summed E-state index contributed by atoms with van der Waals surface area (Å²) in [6, 6.07) is 1.38. The lowest BCUT2D eigenvalue weighted by Gasteiger charge is -2.25.